The molecule has 0 atom stereocenters. The fourth-order valence-electron chi connectivity index (χ4n) is 3.23. The van der Waals surface area contributed by atoms with Crippen molar-refractivity contribution in [2.75, 3.05) is 0 Å². The van der Waals surface area contributed by atoms with Gasteiger partial charge < -0.3 is 9.67 Å². The molecular weight excluding hydrogens is 529 g/mol. The number of phenols is 1. The van der Waals surface area contributed by atoms with E-state index in [1.807, 2.05) is 41.1 Å². The molecule has 0 saturated carbocycles. The lowest BCUT2D eigenvalue weighted by Crippen LogP contribution is -2.17. The number of halogens is 3. The maximum absolute atomic E-state index is 13.4. The van der Waals surface area contributed by atoms with Crippen molar-refractivity contribution in [3.63, 3.8) is 0 Å². The maximum atomic E-state index is 13.4. The van der Waals surface area contributed by atoms with Crippen LogP contribution in [0.1, 0.15) is 21.5 Å². The lowest BCUT2D eigenvalue weighted by molar-refractivity contribution is 0.0952. The van der Waals surface area contributed by atoms with Gasteiger partial charge in [-0.1, -0.05) is 34.1 Å². The molecule has 0 spiro atoms. The summed E-state index contributed by atoms with van der Waals surface area (Å²) in [5.74, 6) is -0.937. The first-order chi connectivity index (χ1) is 14.9. The van der Waals surface area contributed by atoms with Crippen molar-refractivity contribution in [1.82, 2.24) is 9.99 Å². The molecule has 2 N–H and O–H groups in total. The molecule has 156 valence electrons. The largest absolute Gasteiger partial charge is 0.506 e. The SMILES string of the molecule is O=C(N/N=C/c1ccc2c(ccn2Cc2cccc(F)c2)c1)c1cc(Br)cc(Br)c1O. The smallest absolute Gasteiger partial charge is 0.275 e. The van der Waals surface area contributed by atoms with E-state index in [1.165, 1.54) is 24.4 Å². The Kier molecular flexibility index (Phi) is 6.20. The van der Waals surface area contributed by atoms with Crippen molar-refractivity contribution in [1.29, 1.82) is 0 Å². The minimum atomic E-state index is -0.530. The highest BCUT2D eigenvalue weighted by Gasteiger charge is 2.14. The number of phenolic OH excluding ortho intramolecular Hbond substituents is 1. The van der Waals surface area contributed by atoms with E-state index in [9.17, 15) is 14.3 Å². The van der Waals surface area contributed by atoms with E-state index in [0.717, 1.165) is 22.0 Å². The fourth-order valence-corrected chi connectivity index (χ4v) is 4.46. The number of nitrogens with zero attached hydrogens (tertiary/aromatic N) is 2. The molecule has 31 heavy (non-hydrogen) atoms. The van der Waals surface area contributed by atoms with E-state index in [-0.39, 0.29) is 17.1 Å². The van der Waals surface area contributed by atoms with Crippen LogP contribution in [0, 0.1) is 5.82 Å². The van der Waals surface area contributed by atoms with E-state index in [0.29, 0.717) is 15.5 Å². The molecule has 0 aliphatic heterocycles. The summed E-state index contributed by atoms with van der Waals surface area (Å²) in [5.41, 5.74) is 5.22. The second-order valence-electron chi connectivity index (χ2n) is 6.87. The standard InChI is InChI=1S/C23H16Br2FN3O2/c24-17-10-19(22(30)20(25)11-17)23(31)28-27-12-14-4-5-21-16(8-14)6-7-29(21)13-15-2-1-3-18(26)9-15/h1-12,30H,13H2,(H,28,31)/b27-12+. The number of aromatic hydroxyl groups is 1. The van der Waals surface area contributed by atoms with Gasteiger partial charge >= 0.3 is 0 Å². The average Bonchev–Trinajstić information content (AvgIpc) is 3.12. The molecule has 0 aliphatic rings. The fraction of sp³-hybridized carbons (Fsp3) is 0.0435. The van der Waals surface area contributed by atoms with E-state index in [1.54, 1.807) is 12.1 Å². The zero-order chi connectivity index (χ0) is 22.0. The van der Waals surface area contributed by atoms with Gasteiger partial charge in [0.05, 0.1) is 16.3 Å². The number of nitrogens with one attached hydrogen (secondary N) is 1. The molecule has 1 aromatic heterocycles. The summed E-state index contributed by atoms with van der Waals surface area (Å²) in [4.78, 5) is 12.3. The van der Waals surface area contributed by atoms with Gasteiger partial charge in [-0.25, -0.2) is 9.82 Å². The predicted octanol–water partition coefficient (Wildman–Crippen LogP) is 5.82. The van der Waals surface area contributed by atoms with Gasteiger partial charge in [-0.3, -0.25) is 4.79 Å². The molecule has 0 radical (unpaired) electrons. The quantitative estimate of drug-likeness (QED) is 0.245. The summed E-state index contributed by atoms with van der Waals surface area (Å²) in [5, 5.41) is 15.0. The van der Waals surface area contributed by atoms with Crippen molar-refractivity contribution in [2.45, 2.75) is 6.54 Å². The highest BCUT2D eigenvalue weighted by molar-refractivity contribution is 9.11. The van der Waals surface area contributed by atoms with Crippen molar-refractivity contribution < 1.29 is 14.3 Å². The number of benzene rings is 3. The van der Waals surface area contributed by atoms with Crippen molar-refractivity contribution in [3.8, 4) is 5.75 Å². The van der Waals surface area contributed by atoms with E-state index in [2.05, 4.69) is 42.4 Å². The van der Waals surface area contributed by atoms with Gasteiger partial charge in [0.2, 0.25) is 0 Å². The van der Waals surface area contributed by atoms with Crippen LogP contribution in [-0.4, -0.2) is 21.8 Å². The lowest BCUT2D eigenvalue weighted by atomic mass is 10.1. The summed E-state index contributed by atoms with van der Waals surface area (Å²) >= 11 is 6.49. The Morgan fingerprint density at radius 1 is 1.13 bits per heavy atom. The Hall–Kier alpha value is -2.97. The molecule has 3 aromatic carbocycles. The highest BCUT2D eigenvalue weighted by Crippen LogP contribution is 2.31. The van der Waals surface area contributed by atoms with Gasteiger partial charge in [-0.05, 0) is 69.5 Å². The number of hydrazone groups is 1. The van der Waals surface area contributed by atoms with Crippen LogP contribution in [0.4, 0.5) is 4.39 Å². The molecule has 5 nitrogen and oxygen atoms in total. The van der Waals surface area contributed by atoms with Crippen molar-refractivity contribution >= 4 is 54.9 Å². The second kappa shape index (κ2) is 9.03. The number of rotatable bonds is 5. The summed E-state index contributed by atoms with van der Waals surface area (Å²) in [6.45, 7) is 0.566. The van der Waals surface area contributed by atoms with E-state index in [4.69, 9.17) is 0 Å². The maximum Gasteiger partial charge on any atom is 0.275 e. The second-order valence-corrected chi connectivity index (χ2v) is 8.64. The number of hydrogen-bond donors (Lipinski definition) is 2. The van der Waals surface area contributed by atoms with Crippen LogP contribution in [0.25, 0.3) is 10.9 Å². The number of aromatic nitrogens is 1. The molecule has 0 fully saturated rings. The molecule has 4 rings (SSSR count). The van der Waals surface area contributed by atoms with Crippen LogP contribution in [0.3, 0.4) is 0 Å². The number of carbonyl (C=O) groups is 1. The van der Waals surface area contributed by atoms with Crippen LogP contribution >= 0.6 is 31.9 Å². The lowest BCUT2D eigenvalue weighted by Gasteiger charge is -2.07. The van der Waals surface area contributed by atoms with E-state index >= 15 is 0 Å². The first-order valence-corrected chi connectivity index (χ1v) is 10.8. The monoisotopic (exact) mass is 543 g/mol. The Morgan fingerprint density at radius 2 is 1.97 bits per heavy atom. The third-order valence-corrected chi connectivity index (χ3v) is 5.75. The van der Waals surface area contributed by atoms with Crippen molar-refractivity contribution in [3.05, 3.63) is 98.3 Å². The van der Waals surface area contributed by atoms with Crippen LogP contribution in [-0.2, 0) is 6.54 Å². The van der Waals surface area contributed by atoms with Gasteiger partial charge in [-0.15, -0.1) is 0 Å². The minimum Gasteiger partial charge on any atom is -0.506 e. The first kappa shape index (κ1) is 21.3. The number of hydrogen-bond acceptors (Lipinski definition) is 3. The molecule has 4 aromatic rings. The minimum absolute atomic E-state index is 0.100. The summed E-state index contributed by atoms with van der Waals surface area (Å²) in [6, 6.07) is 17.5. The summed E-state index contributed by atoms with van der Waals surface area (Å²) in [6.07, 6.45) is 3.48. The third kappa shape index (κ3) is 4.86. The molecule has 1 amide bonds. The van der Waals surface area contributed by atoms with Crippen LogP contribution in [0.5, 0.6) is 5.75 Å². The number of fused-ring (bicyclic) bond motifs is 1. The zero-order valence-corrected chi connectivity index (χ0v) is 19.2. The Balaban J connectivity index is 1.48. The van der Waals surface area contributed by atoms with Gasteiger partial charge in [0, 0.05) is 28.1 Å². The number of carbonyl (C=O) groups excluding carboxylic acids is 1. The molecular formula is C23H16Br2FN3O2. The first-order valence-electron chi connectivity index (χ1n) is 9.25. The van der Waals surface area contributed by atoms with Crippen LogP contribution in [0.2, 0.25) is 0 Å². The normalized spacial score (nSPS) is 11.3. The molecule has 0 unspecified atom stereocenters. The molecule has 1 heterocycles. The third-order valence-electron chi connectivity index (χ3n) is 4.69. The topological polar surface area (TPSA) is 66.6 Å². The van der Waals surface area contributed by atoms with E-state index < -0.39 is 5.91 Å². The highest BCUT2D eigenvalue weighted by atomic mass is 79.9. The number of amides is 1. The zero-order valence-electron chi connectivity index (χ0n) is 16.0. The summed E-state index contributed by atoms with van der Waals surface area (Å²) < 4.78 is 16.5. The Bertz CT molecular complexity index is 1320. The molecule has 0 aliphatic carbocycles. The van der Waals surface area contributed by atoms with Crippen LogP contribution < -0.4 is 5.43 Å². The molecule has 0 saturated heterocycles. The predicted molar refractivity (Wildman–Crippen MR) is 126 cm³/mol. The Labute approximate surface area is 194 Å². The summed E-state index contributed by atoms with van der Waals surface area (Å²) in [7, 11) is 0. The van der Waals surface area contributed by atoms with Gasteiger partial charge in [-0.2, -0.15) is 5.10 Å². The van der Waals surface area contributed by atoms with Gasteiger partial charge in [0.25, 0.3) is 5.91 Å². The molecule has 0 bridgehead atoms. The Morgan fingerprint density at radius 3 is 2.77 bits per heavy atom. The van der Waals surface area contributed by atoms with Gasteiger partial charge in [0.1, 0.15) is 11.6 Å². The average molecular weight is 545 g/mol. The van der Waals surface area contributed by atoms with Crippen molar-refractivity contribution in [2.24, 2.45) is 5.10 Å². The van der Waals surface area contributed by atoms with Gasteiger partial charge in [0.15, 0.2) is 0 Å². The van der Waals surface area contributed by atoms with Crippen LogP contribution in [0.15, 0.2) is 80.9 Å². The molecule has 8 heteroatoms.